The molecular weight excluding hydrogens is 629 g/mol. The third-order valence-corrected chi connectivity index (χ3v) is 9.41. The maximum atomic E-state index is 13.8. The van der Waals surface area contributed by atoms with Crippen LogP contribution in [0.5, 0.6) is 0 Å². The molecule has 2 unspecified atom stereocenters. The third kappa shape index (κ3) is 5.55. The van der Waals surface area contributed by atoms with E-state index in [4.69, 9.17) is 0 Å². The van der Waals surface area contributed by atoms with E-state index < -0.39 is 80.1 Å². The molecular formula is C26H25F7N4O6S. The molecule has 0 aliphatic carbocycles. The highest BCUT2D eigenvalue weighted by molar-refractivity contribution is 7.92. The predicted octanol–water partition coefficient (Wildman–Crippen LogP) is 3.09. The Kier molecular flexibility index (Phi) is 8.17. The lowest BCUT2D eigenvalue weighted by atomic mass is 9.87. The lowest BCUT2D eigenvalue weighted by molar-refractivity contribution is -0.376. The van der Waals surface area contributed by atoms with Gasteiger partial charge in [-0.3, -0.25) is 18.8 Å². The zero-order valence-electron chi connectivity index (χ0n) is 22.9. The third-order valence-electron chi connectivity index (χ3n) is 7.53. The van der Waals surface area contributed by atoms with E-state index >= 15 is 0 Å². The van der Waals surface area contributed by atoms with Crippen LogP contribution in [0.3, 0.4) is 0 Å². The van der Waals surface area contributed by atoms with Crippen molar-refractivity contribution < 1.29 is 58.6 Å². The van der Waals surface area contributed by atoms with Crippen molar-refractivity contribution in [2.45, 2.75) is 60.6 Å². The van der Waals surface area contributed by atoms with Crippen LogP contribution in [0.1, 0.15) is 30.9 Å². The van der Waals surface area contributed by atoms with Gasteiger partial charge in [-0.1, -0.05) is 12.1 Å². The molecule has 4 amide bonds. The first-order chi connectivity index (χ1) is 20.1. The number of imide groups is 1. The fraction of sp³-hybridized carbons (Fsp3) is 0.423. The molecule has 2 aromatic rings. The monoisotopic (exact) mass is 654 g/mol. The Morgan fingerprint density at radius 3 is 2.18 bits per heavy atom. The summed E-state index contributed by atoms with van der Waals surface area (Å²) in [5.41, 5.74) is -9.02. The minimum absolute atomic E-state index is 0.267. The van der Waals surface area contributed by atoms with Crippen LogP contribution in [0.15, 0.2) is 47.4 Å². The second kappa shape index (κ2) is 10.9. The van der Waals surface area contributed by atoms with Crippen molar-refractivity contribution in [3.63, 3.8) is 0 Å². The van der Waals surface area contributed by atoms with Gasteiger partial charge < -0.3 is 15.7 Å². The molecule has 44 heavy (non-hydrogen) atoms. The molecule has 2 heterocycles. The van der Waals surface area contributed by atoms with E-state index in [1.807, 2.05) is 0 Å². The fourth-order valence-corrected chi connectivity index (χ4v) is 6.81. The van der Waals surface area contributed by atoms with Gasteiger partial charge in [-0.15, -0.1) is 0 Å². The summed E-state index contributed by atoms with van der Waals surface area (Å²) in [5, 5.41) is 14.7. The van der Waals surface area contributed by atoms with Gasteiger partial charge in [-0.25, -0.2) is 17.6 Å². The van der Waals surface area contributed by atoms with Crippen molar-refractivity contribution in [2.24, 2.45) is 0 Å². The van der Waals surface area contributed by atoms with Crippen LogP contribution in [0.4, 0.5) is 41.2 Å². The summed E-state index contributed by atoms with van der Waals surface area (Å²) in [7, 11) is -3.48. The number of sulfonamides is 1. The van der Waals surface area contributed by atoms with Crippen LogP contribution in [0.25, 0.3) is 0 Å². The minimum Gasteiger partial charge on any atom is -0.369 e. The van der Waals surface area contributed by atoms with Gasteiger partial charge >= 0.3 is 18.4 Å². The van der Waals surface area contributed by atoms with Gasteiger partial charge in [0.2, 0.25) is 5.91 Å². The standard InChI is InChI=1S/C26H25F7N4O6S/c1-23(21(39)36(2)22(40)35-23)13-34-20(38)12-17-7-3-14-11-15(24(41,25(28,29)30)26(31,32)33)4-10-19(14)37(17)44(42,43)18-8-5-16(27)6-9-18/h4-6,8-11,17,41H,3,7,12-13H2,1-2H3,(H,34,38)(H,35,40). The van der Waals surface area contributed by atoms with Crippen LogP contribution >= 0.6 is 0 Å². The molecule has 4 rings (SSSR count). The number of urea groups is 1. The summed E-state index contributed by atoms with van der Waals surface area (Å²) in [6.45, 7) is 0.964. The number of anilines is 1. The molecule has 1 fully saturated rings. The van der Waals surface area contributed by atoms with Crippen LogP contribution in [0, 0.1) is 5.82 Å². The quantitative estimate of drug-likeness (QED) is 0.310. The molecule has 0 bridgehead atoms. The Morgan fingerprint density at radius 2 is 1.66 bits per heavy atom. The van der Waals surface area contributed by atoms with Gasteiger partial charge in [0.05, 0.1) is 16.6 Å². The number of halogens is 7. The van der Waals surface area contributed by atoms with E-state index in [0.29, 0.717) is 22.5 Å². The zero-order valence-corrected chi connectivity index (χ0v) is 23.7. The first-order valence-corrected chi connectivity index (χ1v) is 14.2. The summed E-state index contributed by atoms with van der Waals surface area (Å²) < 4.78 is 123. The second-order valence-electron chi connectivity index (χ2n) is 10.6. The lowest BCUT2D eigenvalue weighted by Gasteiger charge is -2.39. The summed E-state index contributed by atoms with van der Waals surface area (Å²) in [6.07, 6.45) is -13.5. The molecule has 1 saturated heterocycles. The lowest BCUT2D eigenvalue weighted by Crippen LogP contribution is -2.54. The number of fused-ring (bicyclic) bond motifs is 1. The van der Waals surface area contributed by atoms with E-state index in [2.05, 4.69) is 10.6 Å². The van der Waals surface area contributed by atoms with Crippen LogP contribution < -0.4 is 14.9 Å². The van der Waals surface area contributed by atoms with Crippen molar-refractivity contribution in [3.05, 3.63) is 59.4 Å². The molecule has 240 valence electrons. The largest absolute Gasteiger partial charge is 0.430 e. The van der Waals surface area contributed by atoms with E-state index in [1.54, 1.807) is 0 Å². The predicted molar refractivity (Wildman–Crippen MR) is 138 cm³/mol. The van der Waals surface area contributed by atoms with Gasteiger partial charge in [0, 0.05) is 25.6 Å². The Hall–Kier alpha value is -3.93. The highest BCUT2D eigenvalue weighted by Crippen LogP contribution is 2.51. The van der Waals surface area contributed by atoms with E-state index in [9.17, 15) is 58.6 Å². The van der Waals surface area contributed by atoms with Crippen molar-refractivity contribution in [3.8, 4) is 0 Å². The molecule has 2 atom stereocenters. The smallest absolute Gasteiger partial charge is 0.369 e. The second-order valence-corrected chi connectivity index (χ2v) is 12.4. The van der Waals surface area contributed by atoms with Gasteiger partial charge in [-0.2, -0.15) is 26.3 Å². The number of nitrogens with zero attached hydrogens (tertiary/aromatic N) is 2. The normalized spacial score (nSPS) is 21.3. The van der Waals surface area contributed by atoms with Crippen LogP contribution in [-0.2, 0) is 31.6 Å². The Balaban J connectivity index is 1.71. The number of hydrogen-bond acceptors (Lipinski definition) is 6. The molecule has 0 aromatic heterocycles. The van der Waals surface area contributed by atoms with E-state index in [-0.39, 0.29) is 30.6 Å². The molecule has 2 aliphatic heterocycles. The molecule has 2 aliphatic rings. The number of amides is 4. The molecule has 0 spiro atoms. The summed E-state index contributed by atoms with van der Waals surface area (Å²) in [6, 6.07) is 2.84. The maximum Gasteiger partial charge on any atom is 0.430 e. The average Bonchev–Trinajstić information content (AvgIpc) is 3.12. The number of nitrogens with one attached hydrogen (secondary N) is 2. The number of benzene rings is 2. The molecule has 3 N–H and O–H groups in total. The SMILES string of the molecule is CN1C(=O)NC(C)(CNC(=O)CC2CCc3cc(C(O)(C(F)(F)F)C(F)(F)F)ccc3N2S(=O)(=O)c2ccc(F)cc2)C1=O. The molecule has 0 radical (unpaired) electrons. The number of aryl methyl sites for hydroxylation is 1. The van der Waals surface area contributed by atoms with Crippen molar-refractivity contribution >= 4 is 33.6 Å². The fourth-order valence-electron chi connectivity index (χ4n) is 5.10. The van der Waals surface area contributed by atoms with Crippen LogP contribution in [-0.4, -0.2) is 73.8 Å². The first-order valence-electron chi connectivity index (χ1n) is 12.8. The van der Waals surface area contributed by atoms with Gasteiger partial charge in [-0.05, 0) is 55.7 Å². The Labute approximate surface area is 245 Å². The maximum absolute atomic E-state index is 13.8. The van der Waals surface area contributed by atoms with Crippen molar-refractivity contribution in [1.29, 1.82) is 0 Å². The summed E-state index contributed by atoms with van der Waals surface area (Å²) in [5.74, 6) is -2.24. The van der Waals surface area contributed by atoms with Gasteiger partial charge in [0.1, 0.15) is 11.4 Å². The number of rotatable bonds is 7. The van der Waals surface area contributed by atoms with Crippen molar-refractivity contribution in [1.82, 2.24) is 15.5 Å². The highest BCUT2D eigenvalue weighted by Gasteiger charge is 2.71. The van der Waals surface area contributed by atoms with E-state index in [0.717, 1.165) is 29.2 Å². The number of hydrogen-bond donors (Lipinski definition) is 3. The van der Waals surface area contributed by atoms with Crippen molar-refractivity contribution in [2.75, 3.05) is 17.9 Å². The molecule has 2 aromatic carbocycles. The molecule has 18 heteroatoms. The Bertz CT molecular complexity index is 1580. The topological polar surface area (TPSA) is 136 Å². The Morgan fingerprint density at radius 1 is 1.07 bits per heavy atom. The number of alkyl halides is 6. The van der Waals surface area contributed by atoms with Crippen LogP contribution in [0.2, 0.25) is 0 Å². The summed E-state index contributed by atoms with van der Waals surface area (Å²) >= 11 is 0. The van der Waals surface area contributed by atoms with Gasteiger partial charge in [0.15, 0.2) is 0 Å². The highest BCUT2D eigenvalue weighted by atomic mass is 32.2. The minimum atomic E-state index is -6.18. The molecule has 0 saturated carbocycles. The number of likely N-dealkylation sites (N-methyl/N-ethyl adjacent to an activating group) is 1. The average molecular weight is 655 g/mol. The zero-order chi connectivity index (χ0) is 33.0. The number of carbonyl (C=O) groups is 3. The van der Waals surface area contributed by atoms with Gasteiger partial charge in [0.25, 0.3) is 21.5 Å². The van der Waals surface area contributed by atoms with E-state index in [1.165, 1.54) is 14.0 Å². The molecule has 10 nitrogen and oxygen atoms in total. The summed E-state index contributed by atoms with van der Waals surface area (Å²) in [4.78, 5) is 37.5. The first kappa shape index (κ1) is 33.0. The number of carbonyl (C=O) groups excluding carboxylic acids is 3. The number of aliphatic hydroxyl groups is 1.